The van der Waals surface area contributed by atoms with E-state index in [9.17, 15) is 19.1 Å². The van der Waals surface area contributed by atoms with Crippen molar-refractivity contribution < 1.29 is 33.0 Å². The number of amides is 1. The number of carboxylic acid groups (broad SMARTS) is 1. The lowest BCUT2D eigenvalue weighted by atomic mass is 9.83. The molecule has 0 saturated carbocycles. The van der Waals surface area contributed by atoms with Crippen LogP contribution < -0.4 is 9.64 Å². The van der Waals surface area contributed by atoms with Crippen molar-refractivity contribution in [1.82, 2.24) is 0 Å². The smallest absolute Gasteiger partial charge is 0.337 e. The summed E-state index contributed by atoms with van der Waals surface area (Å²) in [7, 11) is 0. The number of nitrogens with zero attached hydrogens (tertiary/aromatic N) is 1. The largest absolute Gasteiger partial charge is 0.490 e. The Hall–Kier alpha value is -3.49. The highest BCUT2D eigenvalue weighted by Crippen LogP contribution is 2.48. The summed E-state index contributed by atoms with van der Waals surface area (Å²) in [6, 6.07) is 6.77. The normalized spacial score (nSPS) is 15.3. The Morgan fingerprint density at radius 2 is 1.83 bits per heavy atom. The molecule has 1 amide bonds. The first kappa shape index (κ1) is 29.0. The Balaban J connectivity index is 1.78. The third kappa shape index (κ3) is 5.31. The molecule has 3 aromatic carbocycles. The van der Waals surface area contributed by atoms with Crippen molar-refractivity contribution in [1.29, 1.82) is 0 Å². The van der Waals surface area contributed by atoms with Crippen LogP contribution in [-0.4, -0.2) is 35.7 Å². The number of anilines is 1. The monoisotopic (exact) mass is 583 g/mol. The molecule has 6 nitrogen and oxygen atoms in total. The molecule has 41 heavy (non-hydrogen) atoms. The number of hydrogen-bond acceptors (Lipinski definition) is 4. The molecule has 1 N–H and O–H groups in total. The van der Waals surface area contributed by atoms with Gasteiger partial charge in [-0.25, -0.2) is 13.6 Å². The Labute approximate surface area is 242 Å². The zero-order valence-electron chi connectivity index (χ0n) is 23.7. The highest BCUT2D eigenvalue weighted by atomic mass is 35.5. The van der Waals surface area contributed by atoms with Crippen molar-refractivity contribution in [2.45, 2.75) is 65.6 Å². The predicted octanol–water partition coefficient (Wildman–Crippen LogP) is 7.37. The van der Waals surface area contributed by atoms with Crippen molar-refractivity contribution in [2.75, 3.05) is 18.1 Å². The van der Waals surface area contributed by atoms with E-state index in [0.717, 1.165) is 23.6 Å². The van der Waals surface area contributed by atoms with Crippen LogP contribution in [0.4, 0.5) is 14.5 Å². The minimum Gasteiger partial charge on any atom is -0.490 e. The molecule has 2 aliphatic heterocycles. The van der Waals surface area contributed by atoms with Gasteiger partial charge in [0, 0.05) is 23.4 Å². The summed E-state index contributed by atoms with van der Waals surface area (Å²) in [6.07, 6.45) is 0.371. The highest BCUT2D eigenvalue weighted by Gasteiger charge is 2.37. The van der Waals surface area contributed by atoms with Gasteiger partial charge >= 0.3 is 5.97 Å². The summed E-state index contributed by atoms with van der Waals surface area (Å²) in [4.78, 5) is 27.9. The topological polar surface area (TPSA) is 76.1 Å². The standard InChI is InChI=1S/C32H32ClF2NO5/c1-16-13-25-20(10-11-36(25)30(37)22-14-18(34)8-9-23(22)33)27(26(16)29(31(38)39)41-32(3,4)5)21-15-24(35)28-19(17(21)2)7-6-12-40-28/h8-9,13-15,29H,6-7,10-12H2,1-5H3,(H,38,39). The van der Waals surface area contributed by atoms with Crippen molar-refractivity contribution in [3.8, 4) is 16.9 Å². The number of benzene rings is 3. The fourth-order valence-electron chi connectivity index (χ4n) is 5.86. The van der Waals surface area contributed by atoms with E-state index in [1.165, 1.54) is 23.1 Å². The molecule has 2 heterocycles. The van der Waals surface area contributed by atoms with Gasteiger partial charge in [-0.3, -0.25) is 4.79 Å². The minimum atomic E-state index is -1.35. The minimum absolute atomic E-state index is 0.0235. The Bertz CT molecular complexity index is 1580. The van der Waals surface area contributed by atoms with Gasteiger partial charge in [0.15, 0.2) is 17.7 Å². The molecule has 0 bridgehead atoms. The van der Waals surface area contributed by atoms with Gasteiger partial charge in [-0.05, 0) is 112 Å². The molecule has 3 aromatic rings. The molecule has 1 atom stereocenters. The SMILES string of the molecule is Cc1cc2c(c(-c3cc(F)c4c(c3C)CCCO4)c1C(OC(C)(C)C)C(=O)O)CCN2C(=O)c1cc(F)ccc1Cl. The maximum Gasteiger partial charge on any atom is 0.337 e. The summed E-state index contributed by atoms with van der Waals surface area (Å²) in [5, 5.41) is 10.5. The molecule has 0 spiro atoms. The van der Waals surface area contributed by atoms with E-state index in [2.05, 4.69) is 0 Å². The summed E-state index contributed by atoms with van der Waals surface area (Å²) >= 11 is 6.27. The van der Waals surface area contributed by atoms with Crippen LogP contribution in [0.15, 0.2) is 30.3 Å². The van der Waals surface area contributed by atoms with Crippen molar-refractivity contribution in [3.63, 3.8) is 0 Å². The lowest BCUT2D eigenvalue weighted by Crippen LogP contribution is -2.30. The van der Waals surface area contributed by atoms with Crippen LogP contribution in [0.1, 0.15) is 71.5 Å². The second-order valence-corrected chi connectivity index (χ2v) is 12.0. The van der Waals surface area contributed by atoms with E-state index in [1.807, 2.05) is 6.92 Å². The number of aryl methyl sites for hydroxylation is 1. The first-order valence-electron chi connectivity index (χ1n) is 13.6. The van der Waals surface area contributed by atoms with Gasteiger partial charge in [-0.2, -0.15) is 0 Å². The summed E-state index contributed by atoms with van der Waals surface area (Å²) in [5.74, 6) is -2.55. The number of carboxylic acids is 1. The molecule has 0 radical (unpaired) electrons. The molecule has 0 saturated heterocycles. The molecular weight excluding hydrogens is 552 g/mol. The molecule has 5 rings (SSSR count). The second-order valence-electron chi connectivity index (χ2n) is 11.5. The summed E-state index contributed by atoms with van der Waals surface area (Å²) in [6.45, 7) is 9.63. The molecule has 9 heteroatoms. The molecule has 1 unspecified atom stereocenters. The predicted molar refractivity (Wildman–Crippen MR) is 153 cm³/mol. The molecule has 0 aliphatic carbocycles. The number of halogens is 3. The van der Waals surface area contributed by atoms with Gasteiger partial charge in [0.25, 0.3) is 5.91 Å². The average molecular weight is 584 g/mol. The van der Waals surface area contributed by atoms with Gasteiger partial charge in [-0.1, -0.05) is 11.6 Å². The second kappa shape index (κ2) is 10.7. The van der Waals surface area contributed by atoms with Gasteiger partial charge in [0.2, 0.25) is 0 Å². The van der Waals surface area contributed by atoms with Crippen LogP contribution in [0.3, 0.4) is 0 Å². The molecule has 0 aromatic heterocycles. The number of carbonyl (C=O) groups excluding carboxylic acids is 1. The fraction of sp³-hybridized carbons (Fsp3) is 0.375. The number of rotatable bonds is 5. The van der Waals surface area contributed by atoms with Crippen molar-refractivity contribution >= 4 is 29.2 Å². The molecular formula is C32H32ClF2NO5. The van der Waals surface area contributed by atoms with Crippen LogP contribution >= 0.6 is 11.6 Å². The van der Waals surface area contributed by atoms with E-state index in [-0.39, 0.29) is 22.9 Å². The van der Waals surface area contributed by atoms with E-state index in [1.54, 1.807) is 33.8 Å². The van der Waals surface area contributed by atoms with E-state index in [0.29, 0.717) is 53.0 Å². The quantitative estimate of drug-likeness (QED) is 0.339. The van der Waals surface area contributed by atoms with Gasteiger partial charge in [0.05, 0.1) is 22.8 Å². The van der Waals surface area contributed by atoms with Crippen LogP contribution in [0.5, 0.6) is 5.75 Å². The van der Waals surface area contributed by atoms with Crippen molar-refractivity contribution in [2.24, 2.45) is 0 Å². The number of fused-ring (bicyclic) bond motifs is 2. The van der Waals surface area contributed by atoms with E-state index in [4.69, 9.17) is 21.1 Å². The number of carbonyl (C=O) groups is 2. The molecule has 0 fully saturated rings. The zero-order valence-corrected chi connectivity index (χ0v) is 24.4. The van der Waals surface area contributed by atoms with Crippen LogP contribution in [0.25, 0.3) is 11.1 Å². The highest BCUT2D eigenvalue weighted by molar-refractivity contribution is 6.34. The Morgan fingerprint density at radius 1 is 1.10 bits per heavy atom. The average Bonchev–Trinajstić information content (AvgIpc) is 3.32. The van der Waals surface area contributed by atoms with Crippen LogP contribution in [0.2, 0.25) is 5.02 Å². The third-order valence-electron chi connectivity index (χ3n) is 7.60. The maximum atomic E-state index is 15.5. The van der Waals surface area contributed by atoms with Gasteiger partial charge in [0.1, 0.15) is 5.82 Å². The molecule has 216 valence electrons. The summed E-state index contributed by atoms with van der Waals surface area (Å²) in [5.41, 5.74) is 4.02. The van der Waals surface area contributed by atoms with Crippen LogP contribution in [0, 0.1) is 25.5 Å². The first-order valence-corrected chi connectivity index (χ1v) is 14.0. The lowest BCUT2D eigenvalue weighted by molar-refractivity contribution is -0.160. The van der Waals surface area contributed by atoms with Gasteiger partial charge in [-0.15, -0.1) is 0 Å². The fourth-order valence-corrected chi connectivity index (χ4v) is 6.06. The van der Waals surface area contributed by atoms with Crippen molar-refractivity contribution in [3.05, 3.63) is 80.4 Å². The van der Waals surface area contributed by atoms with Gasteiger partial charge < -0.3 is 19.5 Å². The molecule has 2 aliphatic rings. The first-order chi connectivity index (χ1) is 19.3. The van der Waals surface area contributed by atoms with E-state index >= 15 is 4.39 Å². The van der Waals surface area contributed by atoms with Crippen LogP contribution in [-0.2, 0) is 22.4 Å². The lowest BCUT2D eigenvalue weighted by Gasteiger charge is -2.30. The maximum absolute atomic E-state index is 15.5. The number of hydrogen-bond donors (Lipinski definition) is 1. The Morgan fingerprint density at radius 3 is 2.51 bits per heavy atom. The number of aliphatic carboxylic acids is 1. The third-order valence-corrected chi connectivity index (χ3v) is 7.93. The Kier molecular flexibility index (Phi) is 7.59. The summed E-state index contributed by atoms with van der Waals surface area (Å²) < 4.78 is 41.3. The number of ether oxygens (including phenoxy) is 2. The van der Waals surface area contributed by atoms with E-state index < -0.39 is 35.2 Å². The zero-order chi connectivity index (χ0) is 29.8.